The lowest BCUT2D eigenvalue weighted by molar-refractivity contribution is -0.140. The van der Waals surface area contributed by atoms with Gasteiger partial charge in [-0.15, -0.1) is 0 Å². The normalized spacial score (nSPS) is 13.3. The predicted molar refractivity (Wildman–Crippen MR) is 68.2 cm³/mol. The average Bonchev–Trinajstić information content (AvgIpc) is 2.29. The van der Waals surface area contributed by atoms with Crippen molar-refractivity contribution in [2.45, 2.75) is 46.5 Å². The Morgan fingerprint density at radius 3 is 2.62 bits per heavy atom. The Morgan fingerprint density at radius 1 is 1.44 bits per heavy atom. The molecule has 1 atom stereocenters. The van der Waals surface area contributed by atoms with Gasteiger partial charge in [-0.05, 0) is 19.3 Å². The summed E-state index contributed by atoms with van der Waals surface area (Å²) in [6, 6.07) is 0. The van der Waals surface area contributed by atoms with Crippen molar-refractivity contribution >= 4 is 5.97 Å². The molecule has 0 aliphatic carbocycles. The summed E-state index contributed by atoms with van der Waals surface area (Å²) < 4.78 is 5.25. The maximum Gasteiger partial charge on any atom is 0.333 e. The van der Waals surface area contributed by atoms with Crippen molar-refractivity contribution in [3.8, 4) is 0 Å². The van der Waals surface area contributed by atoms with Crippen LogP contribution in [0.3, 0.4) is 0 Å². The van der Waals surface area contributed by atoms with Crippen molar-refractivity contribution in [1.29, 1.82) is 0 Å². The molecular weight excluding hydrogens is 200 g/mol. The van der Waals surface area contributed by atoms with Gasteiger partial charge in [-0.25, -0.2) is 4.79 Å². The van der Waals surface area contributed by atoms with Crippen LogP contribution in [-0.4, -0.2) is 12.6 Å². The fraction of sp³-hybridized carbons (Fsp3) is 0.643. The molecule has 0 heterocycles. The lowest BCUT2D eigenvalue weighted by Gasteiger charge is -2.14. The zero-order chi connectivity index (χ0) is 12.4. The molecular formula is C14H24O2. The second-order valence-electron chi connectivity index (χ2n) is 4.10. The van der Waals surface area contributed by atoms with Crippen molar-refractivity contribution < 1.29 is 9.53 Å². The Kier molecular flexibility index (Phi) is 8.59. The van der Waals surface area contributed by atoms with Gasteiger partial charge in [-0.2, -0.15) is 0 Å². The fourth-order valence-corrected chi connectivity index (χ4v) is 1.45. The molecule has 16 heavy (non-hydrogen) atoms. The molecule has 0 spiro atoms. The van der Waals surface area contributed by atoms with E-state index >= 15 is 0 Å². The van der Waals surface area contributed by atoms with Crippen LogP contribution in [0.5, 0.6) is 0 Å². The number of hydrogen-bond donors (Lipinski definition) is 0. The van der Waals surface area contributed by atoms with E-state index in [0.717, 1.165) is 12.8 Å². The van der Waals surface area contributed by atoms with Gasteiger partial charge in [0.05, 0.1) is 6.61 Å². The first-order chi connectivity index (χ1) is 7.65. The maximum absolute atomic E-state index is 11.5. The van der Waals surface area contributed by atoms with Crippen LogP contribution in [0.4, 0.5) is 0 Å². The molecule has 0 bridgehead atoms. The first-order valence-corrected chi connectivity index (χ1v) is 6.12. The second kappa shape index (κ2) is 9.20. The molecule has 0 aliphatic rings. The number of carbonyl (C=O) groups excluding carboxylic acids is 1. The van der Waals surface area contributed by atoms with E-state index in [4.69, 9.17) is 4.74 Å². The third-order valence-electron chi connectivity index (χ3n) is 2.68. The predicted octanol–water partition coefficient (Wildman–Crippen LogP) is 3.88. The largest absolute Gasteiger partial charge is 0.462 e. The van der Waals surface area contributed by atoms with Gasteiger partial charge in [-0.3, -0.25) is 0 Å². The van der Waals surface area contributed by atoms with Crippen LogP contribution in [0.15, 0.2) is 24.3 Å². The molecule has 2 nitrogen and oxygen atoms in total. The van der Waals surface area contributed by atoms with Crippen LogP contribution in [0.25, 0.3) is 0 Å². The van der Waals surface area contributed by atoms with Crippen molar-refractivity contribution in [2.24, 2.45) is 5.92 Å². The summed E-state index contributed by atoms with van der Waals surface area (Å²) in [5.41, 5.74) is 0.611. The van der Waals surface area contributed by atoms with Crippen LogP contribution in [0.2, 0.25) is 0 Å². The molecule has 0 rings (SSSR count). The minimum Gasteiger partial charge on any atom is -0.462 e. The van der Waals surface area contributed by atoms with Crippen LogP contribution in [0.1, 0.15) is 46.5 Å². The highest BCUT2D eigenvalue weighted by molar-refractivity contribution is 5.88. The van der Waals surface area contributed by atoms with Gasteiger partial charge in [0.2, 0.25) is 0 Å². The highest BCUT2D eigenvalue weighted by Crippen LogP contribution is 2.13. The fourth-order valence-electron chi connectivity index (χ4n) is 1.45. The Bertz CT molecular complexity index is 241. The summed E-state index contributed by atoms with van der Waals surface area (Å²) in [5.74, 6) is 0.273. The van der Waals surface area contributed by atoms with Gasteiger partial charge in [-0.1, -0.05) is 51.8 Å². The quantitative estimate of drug-likeness (QED) is 0.355. The number of rotatable bonds is 8. The minimum atomic E-state index is -0.227. The monoisotopic (exact) mass is 224 g/mol. The lowest BCUT2D eigenvalue weighted by atomic mass is 10.0. The molecule has 0 saturated heterocycles. The molecule has 0 fully saturated rings. The van der Waals surface area contributed by atoms with Gasteiger partial charge in [0.25, 0.3) is 0 Å². The molecule has 0 radical (unpaired) electrons. The first kappa shape index (κ1) is 14.9. The molecule has 0 aliphatic heterocycles. The van der Waals surface area contributed by atoms with Crippen LogP contribution < -0.4 is 0 Å². The van der Waals surface area contributed by atoms with E-state index in [-0.39, 0.29) is 5.97 Å². The smallest absolute Gasteiger partial charge is 0.333 e. The molecule has 92 valence electrons. The topological polar surface area (TPSA) is 26.3 Å². The lowest BCUT2D eigenvalue weighted by Crippen LogP contribution is -2.14. The number of carbonyl (C=O) groups is 1. The van der Waals surface area contributed by atoms with Crippen LogP contribution in [-0.2, 0) is 9.53 Å². The van der Waals surface area contributed by atoms with E-state index in [9.17, 15) is 4.79 Å². The Balaban J connectivity index is 3.96. The van der Waals surface area contributed by atoms with E-state index in [2.05, 4.69) is 20.4 Å². The van der Waals surface area contributed by atoms with Crippen molar-refractivity contribution in [3.63, 3.8) is 0 Å². The van der Waals surface area contributed by atoms with E-state index in [1.165, 1.54) is 12.8 Å². The molecule has 0 saturated carbocycles. The van der Waals surface area contributed by atoms with E-state index in [1.54, 1.807) is 19.1 Å². The highest BCUT2D eigenvalue weighted by Gasteiger charge is 2.10. The summed E-state index contributed by atoms with van der Waals surface area (Å²) in [6.07, 6.45) is 7.89. The Hall–Kier alpha value is -1.05. The maximum atomic E-state index is 11.5. The summed E-state index contributed by atoms with van der Waals surface area (Å²) in [4.78, 5) is 11.5. The third kappa shape index (κ3) is 6.44. The standard InChI is InChI=1S/C14H24O2/c1-5-8-10-13(7-3)11-16-14(15)12(4)9-6-2/h6,9,13H,2,5,7-8,10-11H2,1,3-4H3/b12-9+. The summed E-state index contributed by atoms with van der Waals surface area (Å²) in [7, 11) is 0. The third-order valence-corrected chi connectivity index (χ3v) is 2.68. The number of ether oxygens (including phenoxy) is 1. The van der Waals surface area contributed by atoms with Crippen molar-refractivity contribution in [1.82, 2.24) is 0 Å². The molecule has 0 amide bonds. The molecule has 1 unspecified atom stereocenters. The van der Waals surface area contributed by atoms with Gasteiger partial charge < -0.3 is 4.74 Å². The molecule has 0 aromatic heterocycles. The molecule has 0 aromatic rings. The van der Waals surface area contributed by atoms with Gasteiger partial charge >= 0.3 is 5.97 Å². The van der Waals surface area contributed by atoms with E-state index in [1.807, 2.05) is 0 Å². The molecule has 0 N–H and O–H groups in total. The van der Waals surface area contributed by atoms with Gasteiger partial charge in [0.15, 0.2) is 0 Å². The van der Waals surface area contributed by atoms with E-state index < -0.39 is 0 Å². The zero-order valence-corrected chi connectivity index (χ0v) is 10.8. The minimum absolute atomic E-state index is 0.227. The number of esters is 1. The second-order valence-corrected chi connectivity index (χ2v) is 4.10. The summed E-state index contributed by atoms with van der Waals surface area (Å²) in [5, 5.41) is 0. The Morgan fingerprint density at radius 2 is 2.12 bits per heavy atom. The summed E-state index contributed by atoms with van der Waals surface area (Å²) >= 11 is 0. The Labute approximate surface area is 99.4 Å². The van der Waals surface area contributed by atoms with Crippen molar-refractivity contribution in [3.05, 3.63) is 24.3 Å². The zero-order valence-electron chi connectivity index (χ0n) is 10.8. The molecule has 2 heteroatoms. The highest BCUT2D eigenvalue weighted by atomic mass is 16.5. The molecule has 0 aromatic carbocycles. The van der Waals surface area contributed by atoms with Gasteiger partial charge in [0, 0.05) is 5.57 Å². The SMILES string of the molecule is C=C/C=C(\C)C(=O)OCC(CC)CCCC. The van der Waals surface area contributed by atoms with Crippen molar-refractivity contribution in [2.75, 3.05) is 6.61 Å². The first-order valence-electron chi connectivity index (χ1n) is 6.12. The van der Waals surface area contributed by atoms with E-state index in [0.29, 0.717) is 18.1 Å². The summed E-state index contributed by atoms with van der Waals surface area (Å²) in [6.45, 7) is 10.2. The number of unbranched alkanes of at least 4 members (excludes halogenated alkanes) is 1. The number of allylic oxidation sites excluding steroid dienone is 2. The average molecular weight is 224 g/mol. The van der Waals surface area contributed by atoms with Crippen LogP contribution >= 0.6 is 0 Å². The number of hydrogen-bond acceptors (Lipinski definition) is 2. The van der Waals surface area contributed by atoms with Gasteiger partial charge in [0.1, 0.15) is 0 Å². The van der Waals surface area contributed by atoms with Crippen LogP contribution in [0, 0.1) is 5.92 Å².